The Bertz CT molecular complexity index is 897. The van der Waals surface area contributed by atoms with Crippen LogP contribution < -0.4 is 10.1 Å². The zero-order valence-electron chi connectivity index (χ0n) is 15.2. The van der Waals surface area contributed by atoms with Crippen LogP contribution in [0.4, 0.5) is 5.69 Å². The molecular formula is C21H20Cl2N2O3. The normalized spacial score (nSPS) is 13.5. The molecule has 1 aliphatic rings. The molecule has 7 heteroatoms. The van der Waals surface area contributed by atoms with Crippen molar-refractivity contribution in [2.24, 2.45) is 0 Å². The summed E-state index contributed by atoms with van der Waals surface area (Å²) in [4.78, 5) is 10.7. The minimum Gasteiger partial charge on any atom is -0.486 e. The van der Waals surface area contributed by atoms with Crippen molar-refractivity contribution in [1.82, 2.24) is 0 Å². The average molecular weight is 419 g/mol. The zero-order chi connectivity index (χ0) is 20.1. The van der Waals surface area contributed by atoms with Crippen LogP contribution >= 0.6 is 23.2 Å². The number of nitriles is 1. The fourth-order valence-electron chi connectivity index (χ4n) is 3.01. The molecule has 1 aliphatic carbocycles. The Balaban J connectivity index is 1.71. The monoisotopic (exact) mass is 418 g/mol. The summed E-state index contributed by atoms with van der Waals surface area (Å²) in [6.07, 6.45) is 3.86. The first-order chi connectivity index (χ1) is 13.4. The van der Waals surface area contributed by atoms with Gasteiger partial charge < -0.3 is 15.2 Å². The van der Waals surface area contributed by atoms with Crippen molar-refractivity contribution in [3.63, 3.8) is 0 Å². The van der Waals surface area contributed by atoms with Crippen molar-refractivity contribution in [2.45, 2.75) is 44.8 Å². The predicted octanol–water partition coefficient (Wildman–Crippen LogP) is 5.43. The van der Waals surface area contributed by atoms with Gasteiger partial charge in [-0.1, -0.05) is 23.2 Å². The van der Waals surface area contributed by atoms with E-state index in [1.807, 2.05) is 12.1 Å². The van der Waals surface area contributed by atoms with Crippen molar-refractivity contribution in [3.8, 4) is 11.8 Å². The summed E-state index contributed by atoms with van der Waals surface area (Å²) in [5.74, 6) is -0.533. The SMILES string of the molecule is N#Cc1cc(COc2c(Cl)cc(CCC(=O)O)cc2Cl)cc(NC2CCC2)c1. The molecule has 3 rings (SSSR count). The molecule has 0 spiro atoms. The van der Waals surface area contributed by atoms with Crippen LogP contribution in [0.5, 0.6) is 5.75 Å². The minimum absolute atomic E-state index is 0.00455. The van der Waals surface area contributed by atoms with Gasteiger partial charge in [-0.15, -0.1) is 0 Å². The van der Waals surface area contributed by atoms with E-state index in [0.717, 1.165) is 29.7 Å². The van der Waals surface area contributed by atoms with E-state index in [1.165, 1.54) is 6.42 Å². The number of carboxylic acids is 1. The molecular weight excluding hydrogens is 399 g/mol. The number of nitrogens with zero attached hydrogens (tertiary/aromatic N) is 1. The quantitative estimate of drug-likeness (QED) is 0.597. The second-order valence-corrected chi connectivity index (χ2v) is 7.69. The smallest absolute Gasteiger partial charge is 0.303 e. The summed E-state index contributed by atoms with van der Waals surface area (Å²) in [5.41, 5.74) is 3.04. The maximum absolute atomic E-state index is 10.7. The number of hydrogen-bond acceptors (Lipinski definition) is 4. The molecule has 28 heavy (non-hydrogen) atoms. The zero-order valence-corrected chi connectivity index (χ0v) is 16.7. The number of nitrogens with one attached hydrogen (secondary N) is 1. The van der Waals surface area contributed by atoms with Gasteiger partial charge in [0.05, 0.1) is 21.7 Å². The van der Waals surface area contributed by atoms with Crippen LogP contribution in [0.25, 0.3) is 0 Å². The molecule has 0 amide bonds. The van der Waals surface area contributed by atoms with Gasteiger partial charge in [0.15, 0.2) is 5.75 Å². The first-order valence-corrected chi connectivity index (χ1v) is 9.83. The molecule has 0 aliphatic heterocycles. The highest BCUT2D eigenvalue weighted by Gasteiger charge is 2.17. The standard InChI is InChI=1S/C21H20Cl2N2O3/c22-18-9-13(4-5-20(26)27)10-19(23)21(18)28-12-15-6-14(11-24)7-17(8-15)25-16-2-1-3-16/h6-10,16,25H,1-5,12H2,(H,26,27). The first kappa shape index (κ1) is 20.3. The lowest BCUT2D eigenvalue weighted by atomic mass is 9.93. The van der Waals surface area contributed by atoms with Gasteiger partial charge in [0.2, 0.25) is 0 Å². The fraction of sp³-hybridized carbons (Fsp3) is 0.333. The van der Waals surface area contributed by atoms with Gasteiger partial charge in [0.25, 0.3) is 0 Å². The minimum atomic E-state index is -0.878. The number of anilines is 1. The number of aliphatic carboxylic acids is 1. The van der Waals surface area contributed by atoms with Crippen LogP contribution in [0, 0.1) is 11.3 Å². The van der Waals surface area contributed by atoms with E-state index in [9.17, 15) is 10.1 Å². The van der Waals surface area contributed by atoms with Crippen LogP contribution in [0.2, 0.25) is 10.0 Å². The molecule has 0 aromatic heterocycles. The van der Waals surface area contributed by atoms with E-state index in [1.54, 1.807) is 18.2 Å². The molecule has 0 heterocycles. The second kappa shape index (κ2) is 9.18. The highest BCUT2D eigenvalue weighted by atomic mass is 35.5. The van der Waals surface area contributed by atoms with E-state index in [2.05, 4.69) is 11.4 Å². The molecule has 146 valence electrons. The molecule has 1 saturated carbocycles. The molecule has 2 aromatic rings. The third-order valence-electron chi connectivity index (χ3n) is 4.67. The predicted molar refractivity (Wildman–Crippen MR) is 109 cm³/mol. The van der Waals surface area contributed by atoms with Crippen LogP contribution in [-0.2, 0) is 17.8 Å². The Morgan fingerprint density at radius 3 is 2.46 bits per heavy atom. The van der Waals surface area contributed by atoms with Crippen LogP contribution in [0.15, 0.2) is 30.3 Å². The van der Waals surface area contributed by atoms with Crippen molar-refractivity contribution in [3.05, 3.63) is 57.1 Å². The van der Waals surface area contributed by atoms with E-state index in [0.29, 0.717) is 33.8 Å². The van der Waals surface area contributed by atoms with E-state index < -0.39 is 5.97 Å². The molecule has 0 radical (unpaired) electrons. The topological polar surface area (TPSA) is 82.3 Å². The third-order valence-corrected chi connectivity index (χ3v) is 5.23. The van der Waals surface area contributed by atoms with Crippen LogP contribution in [0.1, 0.15) is 42.4 Å². The molecule has 0 bridgehead atoms. The maximum atomic E-state index is 10.7. The number of halogens is 2. The third kappa shape index (κ3) is 5.31. The Labute approximate surface area is 173 Å². The van der Waals surface area contributed by atoms with Gasteiger partial charge >= 0.3 is 5.97 Å². The van der Waals surface area contributed by atoms with Crippen molar-refractivity contribution >= 4 is 34.9 Å². The van der Waals surface area contributed by atoms with Crippen molar-refractivity contribution in [2.75, 3.05) is 5.32 Å². The highest BCUT2D eigenvalue weighted by molar-refractivity contribution is 6.37. The Hall–Kier alpha value is -2.42. The number of benzene rings is 2. The molecule has 2 N–H and O–H groups in total. The number of rotatable bonds is 8. The van der Waals surface area contributed by atoms with Crippen LogP contribution in [0.3, 0.4) is 0 Å². The van der Waals surface area contributed by atoms with Gasteiger partial charge in [-0.2, -0.15) is 5.26 Å². The molecule has 0 unspecified atom stereocenters. The van der Waals surface area contributed by atoms with Crippen molar-refractivity contribution < 1.29 is 14.6 Å². The molecule has 0 atom stereocenters. The molecule has 5 nitrogen and oxygen atoms in total. The number of carboxylic acid groups (broad SMARTS) is 1. The lowest BCUT2D eigenvalue weighted by molar-refractivity contribution is -0.136. The van der Waals surface area contributed by atoms with Gasteiger partial charge in [0, 0.05) is 18.2 Å². The highest BCUT2D eigenvalue weighted by Crippen LogP contribution is 2.35. The summed E-state index contributed by atoms with van der Waals surface area (Å²) in [5, 5.41) is 22.2. The van der Waals surface area contributed by atoms with Gasteiger partial charge in [-0.3, -0.25) is 4.79 Å². The van der Waals surface area contributed by atoms with Gasteiger partial charge in [0.1, 0.15) is 6.61 Å². The molecule has 0 saturated heterocycles. The average Bonchev–Trinajstić information content (AvgIpc) is 2.62. The number of hydrogen-bond donors (Lipinski definition) is 2. The van der Waals surface area contributed by atoms with E-state index in [4.69, 9.17) is 33.0 Å². The summed E-state index contributed by atoms with van der Waals surface area (Å²) in [6.45, 7) is 0.211. The molecule has 2 aromatic carbocycles. The largest absolute Gasteiger partial charge is 0.486 e. The Morgan fingerprint density at radius 1 is 1.18 bits per heavy atom. The van der Waals surface area contributed by atoms with Crippen LogP contribution in [-0.4, -0.2) is 17.1 Å². The summed E-state index contributed by atoms with van der Waals surface area (Å²) in [6, 6.07) is 11.5. The first-order valence-electron chi connectivity index (χ1n) is 9.07. The number of carbonyl (C=O) groups is 1. The number of ether oxygens (including phenoxy) is 1. The van der Waals surface area contributed by atoms with E-state index >= 15 is 0 Å². The maximum Gasteiger partial charge on any atom is 0.303 e. The number of aryl methyl sites for hydroxylation is 1. The molecule has 1 fully saturated rings. The second-order valence-electron chi connectivity index (χ2n) is 6.87. The summed E-state index contributed by atoms with van der Waals surface area (Å²) in [7, 11) is 0. The van der Waals surface area contributed by atoms with Crippen molar-refractivity contribution in [1.29, 1.82) is 5.26 Å². The fourth-order valence-corrected chi connectivity index (χ4v) is 3.65. The summed E-state index contributed by atoms with van der Waals surface area (Å²) < 4.78 is 5.82. The van der Waals surface area contributed by atoms with Gasteiger partial charge in [-0.25, -0.2) is 0 Å². The Kier molecular flexibility index (Phi) is 6.66. The lowest BCUT2D eigenvalue weighted by Gasteiger charge is -2.27. The Morgan fingerprint density at radius 2 is 1.89 bits per heavy atom. The lowest BCUT2D eigenvalue weighted by Crippen LogP contribution is -2.27. The van der Waals surface area contributed by atoms with Gasteiger partial charge in [-0.05, 0) is 67.1 Å². The van der Waals surface area contributed by atoms with E-state index in [-0.39, 0.29) is 13.0 Å². The summed E-state index contributed by atoms with van der Waals surface area (Å²) >= 11 is 12.6.